The third-order valence-corrected chi connectivity index (χ3v) is 4.52. The van der Waals surface area contributed by atoms with Crippen LogP contribution >= 0.6 is 24.0 Å². The lowest BCUT2D eigenvalue weighted by Crippen LogP contribution is -2.27. The molecule has 0 radical (unpaired) electrons. The van der Waals surface area contributed by atoms with Crippen LogP contribution in [0.5, 0.6) is 0 Å². The zero-order valence-electron chi connectivity index (χ0n) is 11.7. The van der Waals surface area contributed by atoms with E-state index in [1.807, 2.05) is 37.3 Å². The number of nitrogens with zero attached hydrogens (tertiary/aromatic N) is 1. The fraction of sp³-hybridized carbons (Fsp3) is 0.0588. The summed E-state index contributed by atoms with van der Waals surface area (Å²) >= 11 is 6.54. The second-order valence-electron chi connectivity index (χ2n) is 4.91. The number of thioether (sulfide) groups is 1. The Hall–Kier alpha value is -1.98. The summed E-state index contributed by atoms with van der Waals surface area (Å²) < 4.78 is 13.5. The van der Waals surface area contributed by atoms with Crippen LogP contribution in [0.25, 0.3) is 6.08 Å². The Morgan fingerprint density at radius 1 is 1.18 bits per heavy atom. The number of carbonyl (C=O) groups is 1. The summed E-state index contributed by atoms with van der Waals surface area (Å²) in [5, 5.41) is 0. The van der Waals surface area contributed by atoms with Crippen LogP contribution in [0.15, 0.2) is 53.4 Å². The highest BCUT2D eigenvalue weighted by atomic mass is 32.2. The van der Waals surface area contributed by atoms with E-state index in [-0.39, 0.29) is 11.7 Å². The van der Waals surface area contributed by atoms with Gasteiger partial charge in [-0.15, -0.1) is 0 Å². The van der Waals surface area contributed by atoms with E-state index in [0.29, 0.717) is 14.9 Å². The van der Waals surface area contributed by atoms with Gasteiger partial charge < -0.3 is 0 Å². The quantitative estimate of drug-likeness (QED) is 0.596. The maximum Gasteiger partial charge on any atom is 0.270 e. The van der Waals surface area contributed by atoms with Crippen LogP contribution in [0.4, 0.5) is 10.1 Å². The molecule has 2 aromatic rings. The number of hydrogen-bond donors (Lipinski definition) is 0. The third kappa shape index (κ3) is 2.96. The van der Waals surface area contributed by atoms with Gasteiger partial charge in [0.05, 0.1) is 10.6 Å². The lowest BCUT2D eigenvalue weighted by atomic mass is 10.1. The van der Waals surface area contributed by atoms with Gasteiger partial charge in [-0.1, -0.05) is 53.8 Å². The van der Waals surface area contributed by atoms with Gasteiger partial charge in [0.2, 0.25) is 0 Å². The van der Waals surface area contributed by atoms with E-state index in [0.717, 1.165) is 11.1 Å². The lowest BCUT2D eigenvalue weighted by Gasteiger charge is -2.14. The number of aryl methyl sites for hydroxylation is 1. The smallest absolute Gasteiger partial charge is 0.268 e. The van der Waals surface area contributed by atoms with Crippen molar-refractivity contribution in [3.05, 3.63) is 70.4 Å². The summed E-state index contributed by atoms with van der Waals surface area (Å²) in [6, 6.07) is 13.6. The average Bonchev–Trinajstić information content (AvgIpc) is 2.75. The Morgan fingerprint density at radius 2 is 1.91 bits per heavy atom. The number of benzene rings is 2. The minimum absolute atomic E-state index is 0.178. The molecule has 0 N–H and O–H groups in total. The molecule has 1 heterocycles. The second-order valence-corrected chi connectivity index (χ2v) is 6.58. The fourth-order valence-corrected chi connectivity index (χ4v) is 3.49. The maximum absolute atomic E-state index is 13.0. The second kappa shape index (κ2) is 6.02. The number of anilines is 1. The first-order valence-corrected chi connectivity index (χ1v) is 7.87. The molecule has 1 amide bonds. The molecule has 1 saturated heterocycles. The topological polar surface area (TPSA) is 20.3 Å². The van der Waals surface area contributed by atoms with E-state index in [2.05, 4.69) is 0 Å². The van der Waals surface area contributed by atoms with Gasteiger partial charge in [-0.25, -0.2) is 4.39 Å². The van der Waals surface area contributed by atoms with Crippen molar-refractivity contribution in [2.75, 3.05) is 4.90 Å². The van der Waals surface area contributed by atoms with Crippen molar-refractivity contribution in [3.63, 3.8) is 0 Å². The lowest BCUT2D eigenvalue weighted by molar-refractivity contribution is -0.113. The molecule has 2 nitrogen and oxygen atoms in total. The average molecular weight is 329 g/mol. The Bertz CT molecular complexity index is 784. The maximum atomic E-state index is 13.0. The summed E-state index contributed by atoms with van der Waals surface area (Å²) in [6.07, 6.45) is 1.83. The van der Waals surface area contributed by atoms with Crippen molar-refractivity contribution in [3.8, 4) is 0 Å². The number of amides is 1. The van der Waals surface area contributed by atoms with Crippen molar-refractivity contribution in [2.24, 2.45) is 0 Å². The molecule has 2 aromatic carbocycles. The molecule has 0 spiro atoms. The molecule has 0 unspecified atom stereocenters. The van der Waals surface area contributed by atoms with E-state index in [4.69, 9.17) is 12.2 Å². The van der Waals surface area contributed by atoms with Crippen LogP contribution in [0, 0.1) is 12.7 Å². The standard InChI is InChI=1S/C17H12FNOS2/c1-11-3-2-4-12(9-11)10-15-16(20)19(17(21)22-15)14-7-5-13(18)6-8-14/h2-10H,1H3/b15-10-. The van der Waals surface area contributed by atoms with Crippen LogP contribution in [-0.4, -0.2) is 10.2 Å². The summed E-state index contributed by atoms with van der Waals surface area (Å²) in [7, 11) is 0. The Morgan fingerprint density at radius 3 is 2.59 bits per heavy atom. The van der Waals surface area contributed by atoms with E-state index in [1.54, 1.807) is 12.1 Å². The number of rotatable bonds is 2. The van der Waals surface area contributed by atoms with Crippen LogP contribution in [0.3, 0.4) is 0 Å². The zero-order chi connectivity index (χ0) is 15.7. The number of hydrogen-bond acceptors (Lipinski definition) is 3. The number of carbonyl (C=O) groups excluding carboxylic acids is 1. The minimum Gasteiger partial charge on any atom is -0.268 e. The van der Waals surface area contributed by atoms with Crippen molar-refractivity contribution in [1.82, 2.24) is 0 Å². The highest BCUT2D eigenvalue weighted by molar-refractivity contribution is 8.27. The molecule has 0 atom stereocenters. The Labute approximate surface area is 137 Å². The van der Waals surface area contributed by atoms with Gasteiger partial charge in [-0.3, -0.25) is 9.69 Å². The van der Waals surface area contributed by atoms with Gasteiger partial charge in [0.25, 0.3) is 5.91 Å². The highest BCUT2D eigenvalue weighted by Crippen LogP contribution is 2.36. The highest BCUT2D eigenvalue weighted by Gasteiger charge is 2.33. The van der Waals surface area contributed by atoms with Crippen LogP contribution in [0.2, 0.25) is 0 Å². The predicted molar refractivity (Wildman–Crippen MR) is 93.2 cm³/mol. The molecule has 0 bridgehead atoms. The zero-order valence-corrected chi connectivity index (χ0v) is 13.4. The summed E-state index contributed by atoms with van der Waals surface area (Å²) in [5.41, 5.74) is 2.67. The van der Waals surface area contributed by atoms with Crippen LogP contribution in [-0.2, 0) is 4.79 Å². The molecule has 0 aromatic heterocycles. The van der Waals surface area contributed by atoms with E-state index in [9.17, 15) is 9.18 Å². The fourth-order valence-electron chi connectivity index (χ4n) is 2.19. The van der Waals surface area contributed by atoms with E-state index >= 15 is 0 Å². The van der Waals surface area contributed by atoms with Crippen molar-refractivity contribution in [1.29, 1.82) is 0 Å². The largest absolute Gasteiger partial charge is 0.270 e. The SMILES string of the molecule is Cc1cccc(/C=C2\SC(=S)N(c3ccc(F)cc3)C2=O)c1. The van der Waals surface area contributed by atoms with Gasteiger partial charge in [-0.2, -0.15) is 0 Å². The van der Waals surface area contributed by atoms with Gasteiger partial charge in [0, 0.05) is 0 Å². The molecule has 22 heavy (non-hydrogen) atoms. The minimum atomic E-state index is -0.343. The third-order valence-electron chi connectivity index (χ3n) is 3.22. The first kappa shape index (κ1) is 14.9. The molecular weight excluding hydrogens is 317 g/mol. The molecule has 5 heteroatoms. The summed E-state index contributed by atoms with van der Waals surface area (Å²) in [4.78, 5) is 14.5. The molecule has 0 aliphatic carbocycles. The molecule has 1 aliphatic rings. The molecule has 1 aliphatic heterocycles. The van der Waals surface area contributed by atoms with Crippen LogP contribution in [0.1, 0.15) is 11.1 Å². The van der Waals surface area contributed by atoms with Crippen molar-refractivity contribution >= 4 is 46.0 Å². The van der Waals surface area contributed by atoms with Crippen LogP contribution < -0.4 is 4.90 Å². The summed E-state index contributed by atoms with van der Waals surface area (Å²) in [6.45, 7) is 2.00. The molecular formula is C17H12FNOS2. The number of halogens is 1. The normalized spacial score (nSPS) is 16.6. The first-order valence-electron chi connectivity index (χ1n) is 6.65. The molecule has 1 fully saturated rings. The first-order chi connectivity index (χ1) is 10.5. The van der Waals surface area contributed by atoms with Gasteiger partial charge in [-0.05, 0) is 42.8 Å². The monoisotopic (exact) mass is 329 g/mol. The van der Waals surface area contributed by atoms with Crippen molar-refractivity contribution < 1.29 is 9.18 Å². The van der Waals surface area contributed by atoms with E-state index < -0.39 is 0 Å². The van der Waals surface area contributed by atoms with Crippen molar-refractivity contribution in [2.45, 2.75) is 6.92 Å². The van der Waals surface area contributed by atoms with Gasteiger partial charge in [0.1, 0.15) is 5.82 Å². The van der Waals surface area contributed by atoms with E-state index in [1.165, 1.54) is 28.8 Å². The molecule has 110 valence electrons. The Balaban J connectivity index is 1.93. The van der Waals surface area contributed by atoms with Gasteiger partial charge in [0.15, 0.2) is 4.32 Å². The molecule has 3 rings (SSSR count). The molecule has 0 saturated carbocycles. The predicted octanol–water partition coefficient (Wildman–Crippen LogP) is 4.54. The Kier molecular flexibility index (Phi) is 4.09. The van der Waals surface area contributed by atoms with Gasteiger partial charge >= 0.3 is 0 Å². The number of thiocarbonyl (C=S) groups is 1. The summed E-state index contributed by atoms with van der Waals surface area (Å²) in [5.74, 6) is -0.521.